The Morgan fingerprint density at radius 1 is 0.967 bits per heavy atom. The molecule has 0 aliphatic heterocycles. The third-order valence-corrected chi connectivity index (χ3v) is 6.72. The Morgan fingerprint density at radius 3 is 2.33 bits per heavy atom. The van der Waals surface area contributed by atoms with Gasteiger partial charge in [0, 0.05) is 0 Å². The number of halogens is 4. The van der Waals surface area contributed by atoms with Crippen LogP contribution >= 0.6 is 0 Å². The molecule has 0 spiro atoms. The van der Waals surface area contributed by atoms with Crippen molar-refractivity contribution in [3.05, 3.63) is 81.7 Å². The highest BCUT2D eigenvalue weighted by molar-refractivity contribution is 5.46. The molecule has 0 radical (unpaired) electrons. The van der Waals surface area contributed by atoms with E-state index in [9.17, 15) is 17.6 Å². The summed E-state index contributed by atoms with van der Waals surface area (Å²) in [7, 11) is 0. The minimum atomic E-state index is -4.65. The van der Waals surface area contributed by atoms with Crippen LogP contribution in [0.1, 0.15) is 71.9 Å². The molecule has 0 bridgehead atoms. The van der Waals surface area contributed by atoms with Crippen molar-refractivity contribution >= 4 is 0 Å². The maximum Gasteiger partial charge on any atom is 0.419 e. The maximum absolute atomic E-state index is 14.0. The van der Waals surface area contributed by atoms with Gasteiger partial charge in [0.05, 0.1) is 5.56 Å². The van der Waals surface area contributed by atoms with Crippen molar-refractivity contribution < 1.29 is 17.6 Å². The van der Waals surface area contributed by atoms with Gasteiger partial charge in [-0.1, -0.05) is 43.7 Å². The third kappa shape index (κ3) is 4.33. The van der Waals surface area contributed by atoms with Gasteiger partial charge in [0.1, 0.15) is 5.82 Å². The van der Waals surface area contributed by atoms with E-state index in [4.69, 9.17) is 0 Å². The fourth-order valence-electron chi connectivity index (χ4n) is 5.12. The molecule has 160 valence electrons. The fourth-order valence-corrected chi connectivity index (χ4v) is 5.12. The molecule has 2 atom stereocenters. The molecule has 4 heteroatoms. The molecule has 30 heavy (non-hydrogen) atoms. The summed E-state index contributed by atoms with van der Waals surface area (Å²) in [6, 6.07) is 7.86. The SMILES string of the molecule is CCCC=C[C@H]1CCc2c(ccc3c2CC[C@H](c2ccc(C(F)(F)F)c(F)c2)C3)C1. The van der Waals surface area contributed by atoms with E-state index >= 15 is 0 Å². The number of rotatable bonds is 4. The van der Waals surface area contributed by atoms with Crippen molar-refractivity contribution in [2.45, 2.75) is 70.4 Å². The molecule has 2 aromatic rings. The molecule has 2 aliphatic carbocycles. The van der Waals surface area contributed by atoms with Crippen LogP contribution in [-0.2, 0) is 31.9 Å². The van der Waals surface area contributed by atoms with Gasteiger partial charge in [0.2, 0.25) is 0 Å². The largest absolute Gasteiger partial charge is 0.419 e. The summed E-state index contributed by atoms with van der Waals surface area (Å²) in [5.74, 6) is -0.479. The zero-order chi connectivity index (χ0) is 21.3. The summed E-state index contributed by atoms with van der Waals surface area (Å²) in [4.78, 5) is 0. The van der Waals surface area contributed by atoms with E-state index in [1.54, 1.807) is 0 Å². The Morgan fingerprint density at radius 2 is 1.67 bits per heavy atom. The Kier molecular flexibility index (Phi) is 6.04. The quantitative estimate of drug-likeness (QED) is 0.356. The Labute approximate surface area is 176 Å². The molecule has 0 amide bonds. The standard InChI is InChI=1S/C26H28F4/c1-2-3-4-5-17-6-11-22-20(14-17)7-8-21-15-18(9-12-23(21)22)19-10-13-24(25(27)16-19)26(28,29)30/h4-5,7-8,10,13,16-18H,2-3,6,9,11-12,14-15H2,1H3/t17-,18-/m0/s1. The summed E-state index contributed by atoms with van der Waals surface area (Å²) in [6.45, 7) is 2.19. The van der Waals surface area contributed by atoms with Crippen molar-refractivity contribution in [2.75, 3.05) is 0 Å². The van der Waals surface area contributed by atoms with E-state index in [0.717, 1.165) is 50.7 Å². The van der Waals surface area contributed by atoms with E-state index < -0.39 is 17.6 Å². The lowest BCUT2D eigenvalue weighted by molar-refractivity contribution is -0.140. The molecule has 0 nitrogen and oxygen atoms in total. The highest BCUT2D eigenvalue weighted by Gasteiger charge is 2.34. The van der Waals surface area contributed by atoms with Crippen molar-refractivity contribution in [1.29, 1.82) is 0 Å². The van der Waals surface area contributed by atoms with Crippen LogP contribution in [-0.4, -0.2) is 0 Å². The molecule has 4 rings (SSSR count). The summed E-state index contributed by atoms with van der Waals surface area (Å²) < 4.78 is 52.6. The first-order chi connectivity index (χ1) is 14.4. The fraction of sp³-hybridized carbons (Fsp3) is 0.462. The second-order valence-corrected chi connectivity index (χ2v) is 8.74. The van der Waals surface area contributed by atoms with Gasteiger partial charge in [-0.3, -0.25) is 0 Å². The van der Waals surface area contributed by atoms with E-state index in [1.165, 1.54) is 41.2 Å². The van der Waals surface area contributed by atoms with Gasteiger partial charge in [-0.25, -0.2) is 4.39 Å². The molecule has 0 unspecified atom stereocenters. The first-order valence-electron chi connectivity index (χ1n) is 11.0. The molecule has 0 heterocycles. The van der Waals surface area contributed by atoms with Crippen LogP contribution in [0.25, 0.3) is 0 Å². The van der Waals surface area contributed by atoms with Crippen LogP contribution in [0.15, 0.2) is 42.5 Å². The number of alkyl halides is 3. The van der Waals surface area contributed by atoms with Gasteiger partial charge in [0.15, 0.2) is 0 Å². The number of allylic oxidation sites excluding steroid dienone is 2. The molecule has 0 aromatic heterocycles. The van der Waals surface area contributed by atoms with Crippen LogP contribution in [0.3, 0.4) is 0 Å². The molecule has 0 saturated carbocycles. The first kappa shape index (κ1) is 21.1. The van der Waals surface area contributed by atoms with Crippen LogP contribution in [0.5, 0.6) is 0 Å². The van der Waals surface area contributed by atoms with Gasteiger partial charge in [-0.2, -0.15) is 13.2 Å². The van der Waals surface area contributed by atoms with Crippen molar-refractivity contribution in [2.24, 2.45) is 5.92 Å². The van der Waals surface area contributed by atoms with E-state index in [0.29, 0.717) is 11.5 Å². The van der Waals surface area contributed by atoms with E-state index in [1.807, 2.05) is 0 Å². The van der Waals surface area contributed by atoms with Gasteiger partial charge < -0.3 is 0 Å². The lowest BCUT2D eigenvalue weighted by Crippen LogP contribution is -2.20. The van der Waals surface area contributed by atoms with Crippen LogP contribution in [0.2, 0.25) is 0 Å². The van der Waals surface area contributed by atoms with Gasteiger partial charge in [0.25, 0.3) is 0 Å². The predicted octanol–water partition coefficient (Wildman–Crippen LogP) is 7.58. The normalized spacial score (nSPS) is 21.5. The average molecular weight is 417 g/mol. The summed E-state index contributed by atoms with van der Waals surface area (Å²) >= 11 is 0. The maximum atomic E-state index is 14.0. The summed E-state index contributed by atoms with van der Waals surface area (Å²) in [5, 5.41) is 0. The molecule has 2 aliphatic rings. The average Bonchev–Trinajstić information content (AvgIpc) is 2.72. The van der Waals surface area contributed by atoms with Gasteiger partial charge in [-0.15, -0.1) is 0 Å². The lowest BCUT2D eigenvalue weighted by Gasteiger charge is -2.31. The van der Waals surface area contributed by atoms with Crippen molar-refractivity contribution in [3.63, 3.8) is 0 Å². The number of unbranched alkanes of at least 4 members (excludes halogenated alkanes) is 1. The Bertz CT molecular complexity index is 939. The van der Waals surface area contributed by atoms with Crippen molar-refractivity contribution in [3.8, 4) is 0 Å². The Hall–Kier alpha value is -2.10. The number of fused-ring (bicyclic) bond motifs is 3. The summed E-state index contributed by atoms with van der Waals surface area (Å²) in [6.07, 6.45) is 8.26. The van der Waals surface area contributed by atoms with Crippen molar-refractivity contribution in [1.82, 2.24) is 0 Å². The molecule has 0 saturated heterocycles. The minimum absolute atomic E-state index is 0.0700. The number of hydrogen-bond donors (Lipinski definition) is 0. The monoisotopic (exact) mass is 416 g/mol. The Balaban J connectivity index is 1.52. The van der Waals surface area contributed by atoms with Crippen LogP contribution in [0, 0.1) is 11.7 Å². The zero-order valence-corrected chi connectivity index (χ0v) is 17.4. The predicted molar refractivity (Wildman–Crippen MR) is 112 cm³/mol. The highest BCUT2D eigenvalue weighted by Crippen LogP contribution is 2.40. The third-order valence-electron chi connectivity index (χ3n) is 6.72. The second-order valence-electron chi connectivity index (χ2n) is 8.74. The topological polar surface area (TPSA) is 0 Å². The smallest absolute Gasteiger partial charge is 0.206 e. The van der Waals surface area contributed by atoms with Gasteiger partial charge >= 0.3 is 6.18 Å². The molecule has 0 fully saturated rings. The van der Waals surface area contributed by atoms with E-state index in [2.05, 4.69) is 31.2 Å². The first-order valence-corrected chi connectivity index (χ1v) is 11.0. The number of hydrogen-bond acceptors (Lipinski definition) is 0. The number of benzene rings is 2. The van der Waals surface area contributed by atoms with Crippen LogP contribution < -0.4 is 0 Å². The summed E-state index contributed by atoms with van der Waals surface area (Å²) in [5.41, 5.74) is 5.15. The minimum Gasteiger partial charge on any atom is -0.206 e. The molecular weight excluding hydrogens is 388 g/mol. The zero-order valence-electron chi connectivity index (χ0n) is 17.4. The molecular formula is C26H28F4. The molecule has 0 N–H and O–H groups in total. The lowest BCUT2D eigenvalue weighted by atomic mass is 9.73. The van der Waals surface area contributed by atoms with E-state index in [-0.39, 0.29) is 5.92 Å². The second kappa shape index (κ2) is 8.56. The van der Waals surface area contributed by atoms with Gasteiger partial charge in [-0.05, 0) is 96.7 Å². The highest BCUT2D eigenvalue weighted by atomic mass is 19.4. The molecule has 2 aromatic carbocycles. The van der Waals surface area contributed by atoms with Crippen LogP contribution in [0.4, 0.5) is 17.6 Å².